The van der Waals surface area contributed by atoms with E-state index in [4.69, 9.17) is 0 Å². The van der Waals surface area contributed by atoms with E-state index in [-0.39, 0.29) is 0 Å². The summed E-state index contributed by atoms with van der Waals surface area (Å²) in [5, 5.41) is 0. The van der Waals surface area contributed by atoms with Gasteiger partial charge in [-0.2, -0.15) is 0 Å². The van der Waals surface area contributed by atoms with Crippen molar-refractivity contribution in [3.05, 3.63) is 12.3 Å². The molecule has 1 aliphatic heterocycles. The van der Waals surface area contributed by atoms with Crippen molar-refractivity contribution in [3.63, 3.8) is 0 Å². The van der Waals surface area contributed by atoms with Crippen LogP contribution in [0, 0.1) is 0 Å². The van der Waals surface area contributed by atoms with E-state index in [0.29, 0.717) is 0 Å². The summed E-state index contributed by atoms with van der Waals surface area (Å²) < 4.78 is 1.91. The van der Waals surface area contributed by atoms with Crippen LogP contribution in [0.2, 0.25) is 0 Å². The normalized spacial score (nSPS) is 19.8. The molecule has 0 fully saturated rings. The molecule has 0 aromatic rings. The first-order valence-electron chi connectivity index (χ1n) is 1.64. The molecular formula is C3H4BrNS. The quantitative estimate of drug-likeness (QED) is 0.398. The molecule has 0 aliphatic carbocycles. The minimum absolute atomic E-state index is 1.10. The molecule has 0 radical (unpaired) electrons. The van der Waals surface area contributed by atoms with E-state index >= 15 is 0 Å². The largest absolute Gasteiger partial charge is 0.258 e. The molecule has 1 nitrogen and oxygen atoms in total. The maximum Gasteiger partial charge on any atom is 0.0612 e. The van der Waals surface area contributed by atoms with E-state index in [9.17, 15) is 0 Å². The summed E-state index contributed by atoms with van der Waals surface area (Å²) in [5.41, 5.74) is 0. The Morgan fingerprint density at radius 3 is 2.83 bits per heavy atom. The summed E-state index contributed by atoms with van der Waals surface area (Å²) in [4.78, 5) is 0. The highest BCUT2D eigenvalue weighted by atomic mass is 79.9. The molecule has 6 heavy (non-hydrogen) atoms. The van der Waals surface area contributed by atoms with Gasteiger partial charge in [-0.3, -0.25) is 3.33 Å². The minimum atomic E-state index is 1.10. The van der Waals surface area contributed by atoms with Gasteiger partial charge in [-0.05, 0) is 11.9 Å². The molecule has 0 amide bonds. The molecule has 0 saturated heterocycles. The third-order valence-electron chi connectivity index (χ3n) is 0.517. The van der Waals surface area contributed by atoms with Crippen LogP contribution in [0.4, 0.5) is 0 Å². The van der Waals surface area contributed by atoms with Gasteiger partial charge in [0.25, 0.3) is 0 Å². The molecule has 1 heterocycles. The fourth-order valence-corrected chi connectivity index (χ4v) is 1.29. The van der Waals surface area contributed by atoms with Crippen molar-refractivity contribution in [1.82, 2.24) is 3.33 Å². The van der Waals surface area contributed by atoms with E-state index in [1.54, 1.807) is 11.9 Å². The summed E-state index contributed by atoms with van der Waals surface area (Å²) in [6, 6.07) is 0. The summed E-state index contributed by atoms with van der Waals surface area (Å²) >= 11 is 4.98. The lowest BCUT2D eigenvalue weighted by atomic mass is 10.7. The standard InChI is InChI=1S/C3H4BrNS/c4-5-2-1-3-6-5/h1-2H,3H2. The Hall–Kier alpha value is 0.370. The maximum atomic E-state index is 3.25. The smallest absolute Gasteiger partial charge is 0.0612 e. The average molecular weight is 166 g/mol. The van der Waals surface area contributed by atoms with Crippen LogP contribution in [0.3, 0.4) is 0 Å². The van der Waals surface area contributed by atoms with Gasteiger partial charge in [0.1, 0.15) is 0 Å². The summed E-state index contributed by atoms with van der Waals surface area (Å²) in [6.07, 6.45) is 4.09. The second kappa shape index (κ2) is 1.89. The Morgan fingerprint density at radius 2 is 2.67 bits per heavy atom. The Morgan fingerprint density at radius 1 is 1.83 bits per heavy atom. The van der Waals surface area contributed by atoms with Gasteiger partial charge >= 0.3 is 0 Å². The third-order valence-corrected chi connectivity index (χ3v) is 2.08. The molecule has 3 heteroatoms. The zero-order valence-corrected chi connectivity index (χ0v) is 5.50. The van der Waals surface area contributed by atoms with Gasteiger partial charge in [0.05, 0.1) is 16.1 Å². The van der Waals surface area contributed by atoms with Crippen molar-refractivity contribution in [2.45, 2.75) is 0 Å². The molecule has 0 saturated carbocycles. The maximum absolute atomic E-state index is 3.25. The number of nitrogens with zero attached hydrogens (tertiary/aromatic N) is 1. The van der Waals surface area contributed by atoms with Gasteiger partial charge in [0.2, 0.25) is 0 Å². The summed E-state index contributed by atoms with van der Waals surface area (Å²) in [6.45, 7) is 0. The second-order valence-electron chi connectivity index (χ2n) is 0.953. The van der Waals surface area contributed by atoms with Crippen LogP contribution in [-0.4, -0.2) is 9.08 Å². The molecule has 0 aromatic carbocycles. The van der Waals surface area contributed by atoms with Gasteiger partial charge < -0.3 is 0 Å². The highest BCUT2D eigenvalue weighted by Gasteiger charge is 1.96. The molecule has 0 spiro atoms. The molecule has 0 atom stereocenters. The topological polar surface area (TPSA) is 3.24 Å². The van der Waals surface area contributed by atoms with Gasteiger partial charge in [-0.25, -0.2) is 0 Å². The number of hydrogen-bond donors (Lipinski definition) is 0. The third kappa shape index (κ3) is 0.914. The monoisotopic (exact) mass is 165 g/mol. The Balaban J connectivity index is 2.38. The summed E-state index contributed by atoms with van der Waals surface area (Å²) in [5.74, 6) is 1.10. The molecule has 1 aliphatic rings. The van der Waals surface area contributed by atoms with E-state index in [1.165, 1.54) is 0 Å². The van der Waals surface area contributed by atoms with Gasteiger partial charge in [-0.15, -0.1) is 0 Å². The SMILES string of the molecule is BrN1C=CCS1. The molecule has 34 valence electrons. The van der Waals surface area contributed by atoms with E-state index in [1.807, 2.05) is 9.53 Å². The van der Waals surface area contributed by atoms with Crippen molar-refractivity contribution in [2.75, 3.05) is 5.75 Å². The summed E-state index contributed by atoms with van der Waals surface area (Å²) in [7, 11) is 0. The predicted molar refractivity (Wildman–Crippen MR) is 32.4 cm³/mol. The van der Waals surface area contributed by atoms with E-state index in [2.05, 4.69) is 22.2 Å². The fraction of sp³-hybridized carbons (Fsp3) is 0.333. The lowest BCUT2D eigenvalue weighted by Gasteiger charge is -1.96. The molecule has 0 N–H and O–H groups in total. The van der Waals surface area contributed by atoms with Crippen LogP contribution in [-0.2, 0) is 0 Å². The highest BCUT2D eigenvalue weighted by Crippen LogP contribution is 2.20. The molecular weight excluding hydrogens is 162 g/mol. The Kier molecular flexibility index (Phi) is 1.42. The van der Waals surface area contributed by atoms with Crippen LogP contribution in [0.1, 0.15) is 0 Å². The number of rotatable bonds is 0. The van der Waals surface area contributed by atoms with Crippen molar-refractivity contribution >= 4 is 28.1 Å². The molecule has 0 unspecified atom stereocenters. The first-order valence-corrected chi connectivity index (χ1v) is 3.29. The van der Waals surface area contributed by atoms with Crippen molar-refractivity contribution < 1.29 is 0 Å². The van der Waals surface area contributed by atoms with Gasteiger partial charge in [0.15, 0.2) is 0 Å². The van der Waals surface area contributed by atoms with Crippen LogP contribution in [0.5, 0.6) is 0 Å². The average Bonchev–Trinajstić information content (AvgIpc) is 1.86. The predicted octanol–water partition coefficient (Wildman–Crippen LogP) is 1.77. The fourth-order valence-electron chi connectivity index (χ4n) is 0.283. The lowest BCUT2D eigenvalue weighted by molar-refractivity contribution is 1.10. The molecule has 1 rings (SSSR count). The zero-order valence-electron chi connectivity index (χ0n) is 3.10. The van der Waals surface area contributed by atoms with E-state index in [0.717, 1.165) is 5.75 Å². The zero-order chi connectivity index (χ0) is 4.41. The molecule has 0 bridgehead atoms. The second-order valence-corrected chi connectivity index (χ2v) is 3.17. The van der Waals surface area contributed by atoms with Crippen LogP contribution >= 0.6 is 28.1 Å². The lowest BCUT2D eigenvalue weighted by Crippen LogP contribution is -1.78. The Labute approximate surface area is 49.9 Å². The number of halogens is 1. The Bertz CT molecular complexity index is 73.2. The number of hydrogen-bond acceptors (Lipinski definition) is 2. The first kappa shape index (κ1) is 4.53. The van der Waals surface area contributed by atoms with Crippen LogP contribution < -0.4 is 0 Å². The van der Waals surface area contributed by atoms with Gasteiger partial charge in [0, 0.05) is 12.0 Å². The minimum Gasteiger partial charge on any atom is -0.258 e. The molecule has 0 aromatic heterocycles. The first-order chi connectivity index (χ1) is 2.89. The van der Waals surface area contributed by atoms with Crippen molar-refractivity contribution in [2.24, 2.45) is 0 Å². The van der Waals surface area contributed by atoms with Gasteiger partial charge in [-0.1, -0.05) is 6.08 Å². The van der Waals surface area contributed by atoms with Crippen LogP contribution in [0.15, 0.2) is 12.3 Å². The van der Waals surface area contributed by atoms with Crippen molar-refractivity contribution in [3.8, 4) is 0 Å². The highest BCUT2D eigenvalue weighted by molar-refractivity contribution is 9.09. The van der Waals surface area contributed by atoms with E-state index < -0.39 is 0 Å². The van der Waals surface area contributed by atoms with Crippen molar-refractivity contribution in [1.29, 1.82) is 0 Å². The van der Waals surface area contributed by atoms with Crippen LogP contribution in [0.25, 0.3) is 0 Å².